The first-order valence-corrected chi connectivity index (χ1v) is 4.19. The lowest BCUT2D eigenvalue weighted by Crippen LogP contribution is -1.90. The maximum atomic E-state index is 8.59. The quantitative estimate of drug-likeness (QED) is 0.525. The second kappa shape index (κ2) is 4.24. The number of hydrogen-bond acceptors (Lipinski definition) is 5. The number of methoxy groups -OCH3 is 1. The minimum absolute atomic E-state index is 0.0579. The molecular weight excluding hydrogens is 186 g/mol. The fourth-order valence-corrected chi connectivity index (χ4v) is 1.42. The Morgan fingerprint density at radius 2 is 2.23 bits per heavy atom. The summed E-state index contributed by atoms with van der Waals surface area (Å²) in [5, 5.41) is 19.5. The molecule has 0 aliphatic carbocycles. The molecule has 0 aliphatic heterocycles. The summed E-state index contributed by atoms with van der Waals surface area (Å²) in [7, 11) is 1.41. The van der Waals surface area contributed by atoms with E-state index in [4.69, 9.17) is 15.3 Å². The van der Waals surface area contributed by atoms with Gasteiger partial charge >= 0.3 is 0 Å². The van der Waals surface area contributed by atoms with Crippen LogP contribution >= 0.6 is 11.3 Å². The largest absolute Gasteiger partial charge is 0.492 e. The van der Waals surface area contributed by atoms with E-state index in [1.807, 2.05) is 0 Å². The van der Waals surface area contributed by atoms with Crippen LogP contribution in [0.4, 0.5) is 0 Å². The number of aromatic nitrogens is 1. The van der Waals surface area contributed by atoms with Crippen LogP contribution in [0, 0.1) is 22.7 Å². The van der Waals surface area contributed by atoms with Crippen LogP contribution in [0.2, 0.25) is 0 Å². The predicted octanol–water partition coefficient (Wildman–Crippen LogP) is 1.55. The van der Waals surface area contributed by atoms with Gasteiger partial charge in [0.15, 0.2) is 16.3 Å². The minimum atomic E-state index is -0.0579. The van der Waals surface area contributed by atoms with Crippen LogP contribution in [-0.2, 0) is 4.74 Å². The summed E-state index contributed by atoms with van der Waals surface area (Å²) >= 11 is 1.32. The van der Waals surface area contributed by atoms with Crippen LogP contribution in [0.25, 0.3) is 5.76 Å². The molecule has 1 rings (SSSR count). The van der Waals surface area contributed by atoms with Gasteiger partial charge in [-0.1, -0.05) is 0 Å². The highest BCUT2D eigenvalue weighted by atomic mass is 32.1. The molecule has 0 spiro atoms. The summed E-state index contributed by atoms with van der Waals surface area (Å²) in [5.41, 5.74) is -0.0579. The van der Waals surface area contributed by atoms with E-state index in [2.05, 4.69) is 4.98 Å². The van der Waals surface area contributed by atoms with Crippen molar-refractivity contribution in [3.05, 3.63) is 22.2 Å². The molecule has 1 aromatic rings. The second-order valence-electron chi connectivity index (χ2n) is 1.97. The number of allylic oxidation sites excluding steroid dienone is 1. The van der Waals surface area contributed by atoms with Gasteiger partial charge in [0.1, 0.15) is 12.1 Å². The van der Waals surface area contributed by atoms with E-state index in [0.717, 1.165) is 0 Å². The monoisotopic (exact) mass is 191 g/mol. The van der Waals surface area contributed by atoms with Crippen molar-refractivity contribution in [2.75, 3.05) is 7.11 Å². The van der Waals surface area contributed by atoms with Crippen LogP contribution < -0.4 is 0 Å². The predicted molar refractivity (Wildman–Crippen MR) is 47.3 cm³/mol. The highest BCUT2D eigenvalue weighted by Crippen LogP contribution is 2.20. The lowest BCUT2D eigenvalue weighted by Gasteiger charge is -2.00. The molecule has 64 valence electrons. The zero-order valence-electron chi connectivity index (χ0n) is 6.81. The SMILES string of the molecule is COC(=C(C#N)C#N)c1nccs1. The zero-order chi connectivity index (χ0) is 9.68. The Hall–Kier alpha value is -1.85. The summed E-state index contributed by atoms with van der Waals surface area (Å²) in [6.07, 6.45) is 1.59. The third-order valence-electron chi connectivity index (χ3n) is 1.28. The van der Waals surface area contributed by atoms with E-state index in [1.165, 1.54) is 18.4 Å². The number of nitriles is 2. The van der Waals surface area contributed by atoms with Crippen LogP contribution in [0.3, 0.4) is 0 Å². The molecule has 0 N–H and O–H groups in total. The van der Waals surface area contributed by atoms with Gasteiger partial charge in [-0.15, -0.1) is 11.3 Å². The van der Waals surface area contributed by atoms with Gasteiger partial charge in [-0.25, -0.2) is 4.98 Å². The first-order chi connectivity index (χ1) is 6.33. The minimum Gasteiger partial charge on any atom is -0.492 e. The number of rotatable bonds is 2. The highest BCUT2D eigenvalue weighted by molar-refractivity contribution is 7.10. The molecule has 0 unspecified atom stereocenters. The first kappa shape index (κ1) is 9.24. The van der Waals surface area contributed by atoms with Gasteiger partial charge in [-0.3, -0.25) is 0 Å². The Morgan fingerprint density at radius 1 is 1.54 bits per heavy atom. The molecule has 0 bridgehead atoms. The van der Waals surface area contributed by atoms with Crippen molar-refractivity contribution >= 4 is 17.1 Å². The normalized spacial score (nSPS) is 8.23. The van der Waals surface area contributed by atoms with Crippen LogP contribution in [0.5, 0.6) is 0 Å². The molecule has 0 radical (unpaired) electrons. The Morgan fingerprint density at radius 3 is 2.62 bits per heavy atom. The molecule has 0 saturated carbocycles. The molecule has 4 nitrogen and oxygen atoms in total. The van der Waals surface area contributed by atoms with Crippen molar-refractivity contribution in [2.24, 2.45) is 0 Å². The standard InChI is InChI=1S/C8H5N3OS/c1-12-7(6(4-9)5-10)8-11-2-3-13-8/h2-3H,1H3. The molecule has 5 heteroatoms. The van der Waals surface area contributed by atoms with Gasteiger partial charge in [0, 0.05) is 11.6 Å². The fourth-order valence-electron chi connectivity index (χ4n) is 0.758. The molecule has 0 aliphatic rings. The van der Waals surface area contributed by atoms with E-state index in [1.54, 1.807) is 23.7 Å². The van der Waals surface area contributed by atoms with Crippen molar-refractivity contribution in [1.82, 2.24) is 4.98 Å². The topological polar surface area (TPSA) is 69.7 Å². The molecule has 1 heterocycles. The van der Waals surface area contributed by atoms with Gasteiger partial charge in [-0.05, 0) is 0 Å². The summed E-state index contributed by atoms with van der Waals surface area (Å²) in [4.78, 5) is 3.94. The van der Waals surface area contributed by atoms with Gasteiger partial charge in [0.25, 0.3) is 0 Å². The molecular formula is C8H5N3OS. The molecule has 0 atom stereocenters. The van der Waals surface area contributed by atoms with E-state index < -0.39 is 0 Å². The Balaban J connectivity index is 3.21. The van der Waals surface area contributed by atoms with Gasteiger partial charge in [0.05, 0.1) is 7.11 Å². The molecule has 13 heavy (non-hydrogen) atoms. The summed E-state index contributed by atoms with van der Waals surface area (Å²) in [5.74, 6) is 0.236. The number of thiazole rings is 1. The van der Waals surface area contributed by atoms with E-state index in [-0.39, 0.29) is 11.3 Å². The van der Waals surface area contributed by atoms with Crippen LogP contribution in [0.1, 0.15) is 5.01 Å². The Labute approximate surface area is 79.3 Å². The van der Waals surface area contributed by atoms with Gasteiger partial charge in [0.2, 0.25) is 0 Å². The number of hydrogen-bond donors (Lipinski definition) is 0. The third kappa shape index (κ3) is 1.84. The van der Waals surface area contributed by atoms with E-state index in [9.17, 15) is 0 Å². The van der Waals surface area contributed by atoms with Crippen molar-refractivity contribution in [3.8, 4) is 12.1 Å². The summed E-state index contributed by atoms with van der Waals surface area (Å²) < 4.78 is 4.92. The average molecular weight is 191 g/mol. The highest BCUT2D eigenvalue weighted by Gasteiger charge is 2.11. The Bertz CT molecular complexity index is 378. The lowest BCUT2D eigenvalue weighted by molar-refractivity contribution is 0.368. The lowest BCUT2D eigenvalue weighted by atomic mass is 10.3. The van der Waals surface area contributed by atoms with E-state index in [0.29, 0.717) is 5.01 Å². The number of nitrogens with zero attached hydrogens (tertiary/aromatic N) is 3. The van der Waals surface area contributed by atoms with Crippen molar-refractivity contribution in [2.45, 2.75) is 0 Å². The van der Waals surface area contributed by atoms with Gasteiger partial charge in [-0.2, -0.15) is 10.5 Å². The molecule has 0 aromatic carbocycles. The molecule has 0 amide bonds. The molecule has 0 fully saturated rings. The van der Waals surface area contributed by atoms with E-state index >= 15 is 0 Å². The first-order valence-electron chi connectivity index (χ1n) is 3.31. The third-order valence-corrected chi connectivity index (χ3v) is 2.05. The fraction of sp³-hybridized carbons (Fsp3) is 0.125. The summed E-state index contributed by atoms with van der Waals surface area (Å²) in [6, 6.07) is 3.50. The average Bonchev–Trinajstić information content (AvgIpc) is 2.66. The van der Waals surface area contributed by atoms with Crippen molar-refractivity contribution in [1.29, 1.82) is 10.5 Å². The maximum absolute atomic E-state index is 8.59. The second-order valence-corrected chi connectivity index (χ2v) is 2.86. The Kier molecular flexibility index (Phi) is 3.02. The zero-order valence-corrected chi connectivity index (χ0v) is 7.63. The van der Waals surface area contributed by atoms with Crippen LogP contribution in [0.15, 0.2) is 17.2 Å². The smallest absolute Gasteiger partial charge is 0.183 e. The molecule has 1 aromatic heterocycles. The number of ether oxygens (including phenoxy) is 1. The molecule has 0 saturated heterocycles. The van der Waals surface area contributed by atoms with Gasteiger partial charge < -0.3 is 4.74 Å². The van der Waals surface area contributed by atoms with Crippen molar-refractivity contribution < 1.29 is 4.74 Å². The maximum Gasteiger partial charge on any atom is 0.183 e. The van der Waals surface area contributed by atoms with Crippen LogP contribution in [-0.4, -0.2) is 12.1 Å². The summed E-state index contributed by atoms with van der Waals surface area (Å²) in [6.45, 7) is 0. The van der Waals surface area contributed by atoms with Crippen molar-refractivity contribution in [3.63, 3.8) is 0 Å².